The van der Waals surface area contributed by atoms with E-state index in [1.54, 1.807) is 4.90 Å². The highest BCUT2D eigenvalue weighted by molar-refractivity contribution is 5.95. The van der Waals surface area contributed by atoms with Gasteiger partial charge in [0.1, 0.15) is 0 Å². The second-order valence-corrected chi connectivity index (χ2v) is 4.65. The molecule has 1 aromatic rings. The maximum Gasteiger partial charge on any atom is 0.240 e. The Hall–Kier alpha value is -1.06. The van der Waals surface area contributed by atoms with Crippen LogP contribution in [0.4, 0.5) is 5.69 Å². The summed E-state index contributed by atoms with van der Waals surface area (Å²) >= 11 is 0. The second-order valence-electron chi connectivity index (χ2n) is 4.65. The first kappa shape index (κ1) is 17.9. The number of hydrogen-bond acceptors (Lipinski definition) is 2. The molecule has 0 atom stereocenters. The van der Waals surface area contributed by atoms with Crippen LogP contribution < -0.4 is 4.90 Å². The lowest BCUT2D eigenvalue weighted by Crippen LogP contribution is -2.38. The van der Waals surface area contributed by atoms with Gasteiger partial charge in [-0.3, -0.25) is 9.69 Å². The summed E-state index contributed by atoms with van der Waals surface area (Å²) in [6.07, 6.45) is 0. The number of carbonyl (C=O) groups excluding carboxylic acids is 1. The van der Waals surface area contributed by atoms with Gasteiger partial charge in [-0.2, -0.15) is 0 Å². The minimum Gasteiger partial charge on any atom is -0.314 e. The van der Waals surface area contributed by atoms with Gasteiger partial charge >= 0.3 is 0 Å². The standard InChI is InChI=1S/C15H24N2O.ClH/c1-6-17(7-2)11-14(18)16(5)15-12(3)9-8-10-13(15)4;/h8-10H,6-7,11H2,1-5H3;1H. The zero-order chi connectivity index (χ0) is 13.7. The van der Waals surface area contributed by atoms with Gasteiger partial charge in [0.05, 0.1) is 6.54 Å². The molecule has 0 aliphatic heterocycles. The molecule has 0 bridgehead atoms. The molecule has 108 valence electrons. The zero-order valence-corrected chi connectivity index (χ0v) is 13.4. The van der Waals surface area contributed by atoms with E-state index in [1.165, 1.54) is 0 Å². The molecule has 0 unspecified atom stereocenters. The van der Waals surface area contributed by atoms with Crippen LogP contribution >= 0.6 is 12.4 Å². The summed E-state index contributed by atoms with van der Waals surface area (Å²) < 4.78 is 0. The van der Waals surface area contributed by atoms with Gasteiger partial charge in [-0.05, 0) is 38.1 Å². The molecule has 19 heavy (non-hydrogen) atoms. The van der Waals surface area contributed by atoms with Gasteiger partial charge in [0.2, 0.25) is 5.91 Å². The van der Waals surface area contributed by atoms with Crippen LogP contribution in [0.5, 0.6) is 0 Å². The predicted molar refractivity (Wildman–Crippen MR) is 84.4 cm³/mol. The number of anilines is 1. The summed E-state index contributed by atoms with van der Waals surface area (Å²) in [5, 5.41) is 0. The number of benzene rings is 1. The Morgan fingerprint density at radius 3 is 2.00 bits per heavy atom. The third kappa shape index (κ3) is 4.51. The molecule has 1 amide bonds. The lowest BCUT2D eigenvalue weighted by atomic mass is 10.1. The number of nitrogens with zero attached hydrogens (tertiary/aromatic N) is 2. The van der Waals surface area contributed by atoms with Crippen molar-refractivity contribution in [3.63, 3.8) is 0 Å². The number of para-hydroxylation sites is 1. The summed E-state index contributed by atoms with van der Waals surface area (Å²) in [5.74, 6) is 0.149. The van der Waals surface area contributed by atoms with Crippen molar-refractivity contribution in [3.8, 4) is 0 Å². The van der Waals surface area contributed by atoms with Crippen molar-refractivity contribution in [1.29, 1.82) is 0 Å². The Morgan fingerprint density at radius 1 is 1.11 bits per heavy atom. The molecular formula is C15H25ClN2O. The smallest absolute Gasteiger partial charge is 0.240 e. The van der Waals surface area contributed by atoms with E-state index in [4.69, 9.17) is 0 Å². The van der Waals surface area contributed by atoms with E-state index in [0.717, 1.165) is 29.9 Å². The summed E-state index contributed by atoms with van der Waals surface area (Å²) in [6.45, 7) is 10.5. The van der Waals surface area contributed by atoms with Crippen LogP contribution in [0.2, 0.25) is 0 Å². The summed E-state index contributed by atoms with van der Waals surface area (Å²) in [4.78, 5) is 16.2. The first-order valence-electron chi connectivity index (χ1n) is 6.56. The minimum atomic E-state index is 0. The molecule has 0 aliphatic rings. The molecular weight excluding hydrogens is 260 g/mol. The summed E-state index contributed by atoms with van der Waals surface area (Å²) in [5.41, 5.74) is 3.32. The molecule has 0 aliphatic carbocycles. The lowest BCUT2D eigenvalue weighted by molar-refractivity contribution is -0.119. The zero-order valence-electron chi connectivity index (χ0n) is 12.6. The Morgan fingerprint density at radius 2 is 1.58 bits per heavy atom. The first-order chi connectivity index (χ1) is 8.51. The molecule has 0 saturated heterocycles. The number of rotatable bonds is 5. The van der Waals surface area contributed by atoms with E-state index in [9.17, 15) is 4.79 Å². The molecule has 3 nitrogen and oxygen atoms in total. The summed E-state index contributed by atoms with van der Waals surface area (Å²) in [6, 6.07) is 6.11. The maximum atomic E-state index is 12.3. The fourth-order valence-corrected chi connectivity index (χ4v) is 2.20. The van der Waals surface area contributed by atoms with Crippen molar-refractivity contribution in [2.24, 2.45) is 0 Å². The van der Waals surface area contributed by atoms with Gasteiger partial charge < -0.3 is 4.90 Å². The Kier molecular flexibility index (Phi) is 7.72. The van der Waals surface area contributed by atoms with Gasteiger partial charge in [0, 0.05) is 12.7 Å². The third-order valence-corrected chi connectivity index (χ3v) is 3.40. The van der Waals surface area contributed by atoms with Gasteiger partial charge in [0.15, 0.2) is 0 Å². The fraction of sp³-hybridized carbons (Fsp3) is 0.533. The Bertz CT molecular complexity index is 396. The first-order valence-corrected chi connectivity index (χ1v) is 6.56. The van der Waals surface area contributed by atoms with Crippen LogP contribution in [-0.2, 0) is 4.79 Å². The SMILES string of the molecule is CCN(CC)CC(=O)N(C)c1c(C)cccc1C.Cl. The average molecular weight is 285 g/mol. The maximum absolute atomic E-state index is 12.3. The van der Waals surface area contributed by atoms with Crippen LogP contribution in [0.25, 0.3) is 0 Å². The Labute approximate surface area is 123 Å². The third-order valence-electron chi connectivity index (χ3n) is 3.40. The van der Waals surface area contributed by atoms with E-state index >= 15 is 0 Å². The second kappa shape index (κ2) is 8.18. The van der Waals surface area contributed by atoms with Crippen molar-refractivity contribution in [2.45, 2.75) is 27.7 Å². The molecule has 0 spiro atoms. The number of likely N-dealkylation sites (N-methyl/N-ethyl adjacent to an activating group) is 2. The highest BCUT2D eigenvalue weighted by atomic mass is 35.5. The van der Waals surface area contributed by atoms with Gasteiger partial charge in [0.25, 0.3) is 0 Å². The topological polar surface area (TPSA) is 23.6 Å². The van der Waals surface area contributed by atoms with E-state index in [1.807, 2.05) is 39.1 Å². The normalized spacial score (nSPS) is 10.2. The highest BCUT2D eigenvalue weighted by Crippen LogP contribution is 2.23. The molecule has 4 heteroatoms. The predicted octanol–water partition coefficient (Wildman–Crippen LogP) is 3.03. The quantitative estimate of drug-likeness (QED) is 0.830. The molecule has 0 N–H and O–H groups in total. The molecule has 0 heterocycles. The molecule has 0 aromatic heterocycles. The van der Waals surface area contributed by atoms with Gasteiger partial charge in [-0.15, -0.1) is 12.4 Å². The van der Waals surface area contributed by atoms with Crippen molar-refractivity contribution in [3.05, 3.63) is 29.3 Å². The van der Waals surface area contributed by atoms with Crippen molar-refractivity contribution >= 4 is 24.0 Å². The monoisotopic (exact) mass is 284 g/mol. The molecule has 1 rings (SSSR count). The van der Waals surface area contributed by atoms with E-state index < -0.39 is 0 Å². The summed E-state index contributed by atoms with van der Waals surface area (Å²) in [7, 11) is 1.86. The number of hydrogen-bond donors (Lipinski definition) is 0. The fourth-order valence-electron chi connectivity index (χ4n) is 2.20. The van der Waals surface area contributed by atoms with Crippen LogP contribution in [-0.4, -0.2) is 37.5 Å². The van der Waals surface area contributed by atoms with Crippen molar-refractivity contribution in [2.75, 3.05) is 31.6 Å². The van der Waals surface area contributed by atoms with Crippen LogP contribution in [0.15, 0.2) is 18.2 Å². The van der Waals surface area contributed by atoms with E-state index in [2.05, 4.69) is 18.7 Å². The molecule has 1 aromatic carbocycles. The van der Waals surface area contributed by atoms with Gasteiger partial charge in [-0.25, -0.2) is 0 Å². The van der Waals surface area contributed by atoms with E-state index in [0.29, 0.717) is 6.54 Å². The van der Waals surface area contributed by atoms with E-state index in [-0.39, 0.29) is 18.3 Å². The number of halogens is 1. The number of amides is 1. The molecule has 0 saturated carbocycles. The largest absolute Gasteiger partial charge is 0.314 e. The van der Waals surface area contributed by atoms with Crippen molar-refractivity contribution < 1.29 is 4.79 Å². The van der Waals surface area contributed by atoms with Gasteiger partial charge in [-0.1, -0.05) is 32.0 Å². The van der Waals surface area contributed by atoms with Crippen molar-refractivity contribution in [1.82, 2.24) is 4.90 Å². The van der Waals surface area contributed by atoms with Crippen LogP contribution in [0.1, 0.15) is 25.0 Å². The molecule has 0 radical (unpaired) electrons. The van der Waals surface area contributed by atoms with Crippen LogP contribution in [0, 0.1) is 13.8 Å². The lowest BCUT2D eigenvalue weighted by Gasteiger charge is -2.25. The number of aryl methyl sites for hydroxylation is 2. The van der Waals surface area contributed by atoms with Crippen LogP contribution in [0.3, 0.4) is 0 Å². The average Bonchev–Trinajstić information content (AvgIpc) is 2.35. The highest BCUT2D eigenvalue weighted by Gasteiger charge is 2.16. The number of carbonyl (C=O) groups is 1. The molecule has 0 fully saturated rings. The Balaban J connectivity index is 0.00000324. The minimum absolute atomic E-state index is 0.